The van der Waals surface area contributed by atoms with Crippen LogP contribution in [0.2, 0.25) is 0 Å². The lowest BCUT2D eigenvalue weighted by molar-refractivity contribution is -0.140. The van der Waals surface area contributed by atoms with E-state index in [1.807, 2.05) is 0 Å². The number of ketones is 1. The summed E-state index contributed by atoms with van der Waals surface area (Å²) in [6, 6.07) is 0. The predicted molar refractivity (Wildman–Crippen MR) is 135 cm³/mol. The molecule has 8 unspecified atom stereocenters. The maximum Gasteiger partial charge on any atom is 0.267 e. The van der Waals surface area contributed by atoms with E-state index in [0.29, 0.717) is 53.6 Å². The Morgan fingerprint density at radius 1 is 1.03 bits per heavy atom. The number of hydrogen-bond acceptors (Lipinski definition) is 4. The smallest absolute Gasteiger partial charge is 0.267 e. The molecule has 5 rings (SSSR count). The van der Waals surface area contributed by atoms with E-state index >= 15 is 0 Å². The maximum absolute atomic E-state index is 12.6. The normalized spacial score (nSPS) is 43.0. The van der Waals surface area contributed by atoms with E-state index in [1.54, 1.807) is 0 Å². The third-order valence-corrected chi connectivity index (χ3v) is 12.7. The Labute approximate surface area is 211 Å². The van der Waals surface area contributed by atoms with Crippen molar-refractivity contribution in [3.63, 3.8) is 0 Å². The molecule has 0 spiro atoms. The molecule has 5 fully saturated rings. The van der Waals surface area contributed by atoms with Crippen LogP contribution in [0.3, 0.4) is 0 Å². The highest BCUT2D eigenvalue weighted by Gasteiger charge is 2.60. The molecule has 2 N–H and O–H groups in total. The van der Waals surface area contributed by atoms with Crippen LogP contribution in [0.25, 0.3) is 0 Å². The Morgan fingerprint density at radius 3 is 2.43 bits per heavy atom. The zero-order valence-corrected chi connectivity index (χ0v) is 22.7. The van der Waals surface area contributed by atoms with Crippen molar-refractivity contribution in [3.8, 4) is 0 Å². The molecule has 0 saturated heterocycles. The van der Waals surface area contributed by atoms with Gasteiger partial charge in [-0.05, 0) is 111 Å². The van der Waals surface area contributed by atoms with E-state index in [1.165, 1.54) is 38.5 Å². The van der Waals surface area contributed by atoms with Gasteiger partial charge in [-0.15, -0.1) is 0 Å². The van der Waals surface area contributed by atoms with Gasteiger partial charge in [0.2, 0.25) is 5.91 Å². The first-order valence-electron chi connectivity index (χ1n) is 14.1. The molecule has 0 aromatic heterocycles. The molecule has 6 nitrogen and oxygen atoms in total. The molecule has 5 saturated carbocycles. The predicted octanol–water partition coefficient (Wildman–Crippen LogP) is 5.17. The second-order valence-electron chi connectivity index (χ2n) is 13.7. The van der Waals surface area contributed by atoms with Gasteiger partial charge >= 0.3 is 0 Å². The number of carbonyl (C=O) groups is 2. The second-order valence-corrected chi connectivity index (χ2v) is 15.2. The molecule has 0 radical (unpaired) electrons. The molecule has 35 heavy (non-hydrogen) atoms. The summed E-state index contributed by atoms with van der Waals surface area (Å²) in [4.78, 5) is 24.8. The number of hydrogen-bond donors (Lipinski definition) is 2. The molecule has 0 bridgehead atoms. The Hall–Kier alpha value is -0.950. The summed E-state index contributed by atoms with van der Waals surface area (Å²) in [5.74, 6) is 4.04. The van der Waals surface area contributed by atoms with Crippen molar-refractivity contribution in [1.29, 1.82) is 0 Å². The van der Waals surface area contributed by atoms with Crippen LogP contribution in [0.15, 0.2) is 0 Å². The number of amides is 1. The summed E-state index contributed by atoms with van der Waals surface area (Å²) in [6.45, 7) is 7.35. The molecule has 0 heterocycles. The Balaban J connectivity index is 1.20. The van der Waals surface area contributed by atoms with Gasteiger partial charge in [-0.2, -0.15) is 8.42 Å². The Morgan fingerprint density at radius 2 is 1.74 bits per heavy atom. The van der Waals surface area contributed by atoms with E-state index < -0.39 is 15.7 Å². The van der Waals surface area contributed by atoms with Crippen LogP contribution in [-0.2, 0) is 19.7 Å². The molecule has 0 aliphatic heterocycles. The number of Topliss-reactive ketones (excluding diaryl/α,β-unsaturated/α-hetero) is 1. The summed E-state index contributed by atoms with van der Waals surface area (Å²) in [5.41, 5.74) is -0.0520. The van der Waals surface area contributed by atoms with Gasteiger partial charge in [0, 0.05) is 19.3 Å². The first-order chi connectivity index (χ1) is 16.4. The molecule has 8 atom stereocenters. The van der Waals surface area contributed by atoms with Crippen LogP contribution in [0, 0.1) is 46.3 Å². The maximum atomic E-state index is 12.6. The van der Waals surface area contributed by atoms with E-state index in [-0.39, 0.29) is 11.7 Å². The Bertz CT molecular complexity index is 974. The third kappa shape index (κ3) is 4.73. The summed E-state index contributed by atoms with van der Waals surface area (Å²) in [6.07, 6.45) is 12.8. The number of nitrogens with one attached hydrogen (secondary N) is 1. The van der Waals surface area contributed by atoms with E-state index in [0.717, 1.165) is 43.4 Å². The van der Waals surface area contributed by atoms with Crippen molar-refractivity contribution in [1.82, 2.24) is 5.32 Å². The molecule has 0 aromatic carbocycles. The van der Waals surface area contributed by atoms with Crippen molar-refractivity contribution >= 4 is 21.8 Å². The third-order valence-electron chi connectivity index (χ3n) is 11.8. The largest absolute Gasteiger partial charge is 0.350 e. The molecule has 0 aromatic rings. The fraction of sp³-hybridized carbons (Fsp3) is 0.929. The van der Waals surface area contributed by atoms with Crippen LogP contribution in [0.5, 0.6) is 0 Å². The number of fused-ring (bicyclic) bond motifs is 5. The molecule has 1 amide bonds. The van der Waals surface area contributed by atoms with Gasteiger partial charge in [0.1, 0.15) is 5.78 Å². The molecule has 7 heteroatoms. The van der Waals surface area contributed by atoms with E-state index in [2.05, 4.69) is 26.1 Å². The van der Waals surface area contributed by atoms with Crippen molar-refractivity contribution < 1.29 is 22.6 Å². The summed E-state index contributed by atoms with van der Waals surface area (Å²) in [5, 5.41) is 2.90. The molecular formula is C28H45NO5S. The van der Waals surface area contributed by atoms with Gasteiger partial charge in [-0.1, -0.05) is 20.8 Å². The second kappa shape index (κ2) is 8.82. The monoisotopic (exact) mass is 507 g/mol. The average molecular weight is 508 g/mol. The standard InChI is InChI=1S/C28H45NO5S/c1-18(4-9-25(31)29-28(14-15-28)17-35(32,33)34)22-7-8-23-21-6-5-19-16-20(30)10-12-26(19,2)24(21)11-13-27(22,23)3/h18-19,21-24H,4-17H2,1-3H3,(H,29,31)(H,32,33,34). The first kappa shape index (κ1) is 25.7. The van der Waals surface area contributed by atoms with Crippen molar-refractivity contribution in [3.05, 3.63) is 0 Å². The van der Waals surface area contributed by atoms with Crippen molar-refractivity contribution in [2.75, 3.05) is 5.75 Å². The van der Waals surface area contributed by atoms with Gasteiger partial charge < -0.3 is 5.32 Å². The number of rotatable bonds is 7. The first-order valence-corrected chi connectivity index (χ1v) is 15.7. The topological polar surface area (TPSA) is 101 Å². The molecular weight excluding hydrogens is 462 g/mol. The fourth-order valence-corrected chi connectivity index (χ4v) is 10.8. The quantitative estimate of drug-likeness (QED) is 0.463. The van der Waals surface area contributed by atoms with Gasteiger partial charge in [-0.3, -0.25) is 14.1 Å². The van der Waals surface area contributed by atoms with Gasteiger partial charge in [0.15, 0.2) is 0 Å². The van der Waals surface area contributed by atoms with E-state index in [9.17, 15) is 22.6 Å². The van der Waals surface area contributed by atoms with Crippen LogP contribution in [0.1, 0.15) is 104 Å². The summed E-state index contributed by atoms with van der Waals surface area (Å²) < 4.78 is 31.7. The minimum Gasteiger partial charge on any atom is -0.350 e. The molecule has 5 aliphatic carbocycles. The van der Waals surface area contributed by atoms with Gasteiger partial charge in [0.05, 0.1) is 11.3 Å². The van der Waals surface area contributed by atoms with Gasteiger partial charge in [-0.25, -0.2) is 0 Å². The number of carbonyl (C=O) groups excluding carboxylic acids is 2. The highest BCUT2D eigenvalue weighted by molar-refractivity contribution is 7.85. The zero-order valence-electron chi connectivity index (χ0n) is 21.9. The van der Waals surface area contributed by atoms with E-state index in [4.69, 9.17) is 0 Å². The molecule has 198 valence electrons. The lowest BCUT2D eigenvalue weighted by atomic mass is 9.44. The highest BCUT2D eigenvalue weighted by atomic mass is 32.2. The van der Waals surface area contributed by atoms with Crippen molar-refractivity contribution in [2.45, 2.75) is 110 Å². The highest BCUT2D eigenvalue weighted by Crippen LogP contribution is 2.68. The lowest BCUT2D eigenvalue weighted by Gasteiger charge is -2.60. The van der Waals surface area contributed by atoms with Crippen molar-refractivity contribution in [2.24, 2.45) is 46.3 Å². The minimum atomic E-state index is -4.09. The SMILES string of the molecule is CC(CCC(=O)NC1(CS(=O)(=O)O)CC1)C1CCC2C3CCC4CC(=O)CCC4(C)C3CCC12C. The summed E-state index contributed by atoms with van der Waals surface area (Å²) in [7, 11) is -4.09. The zero-order chi connectivity index (χ0) is 25.2. The van der Waals surface area contributed by atoms with Crippen LogP contribution < -0.4 is 5.32 Å². The van der Waals surface area contributed by atoms with Crippen LogP contribution in [-0.4, -0.2) is 36.0 Å². The minimum absolute atomic E-state index is 0.0838. The van der Waals surface area contributed by atoms with Crippen LogP contribution >= 0.6 is 0 Å². The molecule has 5 aliphatic rings. The summed E-state index contributed by atoms with van der Waals surface area (Å²) >= 11 is 0. The van der Waals surface area contributed by atoms with Crippen LogP contribution in [0.4, 0.5) is 0 Å². The fourth-order valence-electron chi connectivity index (χ4n) is 9.74. The Kier molecular flexibility index (Phi) is 6.47. The lowest BCUT2D eigenvalue weighted by Crippen LogP contribution is -2.53. The van der Waals surface area contributed by atoms with Gasteiger partial charge in [0.25, 0.3) is 10.1 Å². The average Bonchev–Trinajstić information content (AvgIpc) is 3.39.